The summed E-state index contributed by atoms with van der Waals surface area (Å²) < 4.78 is 26.3. The summed E-state index contributed by atoms with van der Waals surface area (Å²) in [6, 6.07) is 17.1. The number of hydrogen-bond donors (Lipinski definition) is 0. The quantitative estimate of drug-likeness (QED) is 0.472. The van der Waals surface area contributed by atoms with Gasteiger partial charge in [0, 0.05) is 10.6 Å². The predicted molar refractivity (Wildman–Crippen MR) is 122 cm³/mol. The Bertz CT molecular complexity index is 857. The number of methoxy groups -OCH3 is 1. The molecule has 2 aromatic carbocycles. The van der Waals surface area contributed by atoms with Crippen LogP contribution in [0.1, 0.15) is 45.6 Å². The predicted octanol–water partition coefficient (Wildman–Crippen LogP) is 6.75. The SMILES string of the molecule is C=C(c1ccc(OC)cc1)[P@@](=O)(O[C@@H]1C[C@H](C)CC[C@H]1C(C)C)c1ccccc1. The smallest absolute Gasteiger partial charge is 0.261 e. The molecule has 0 radical (unpaired) electrons. The molecule has 29 heavy (non-hydrogen) atoms. The molecule has 0 saturated heterocycles. The topological polar surface area (TPSA) is 35.5 Å². The van der Waals surface area contributed by atoms with Gasteiger partial charge in [0.1, 0.15) is 5.75 Å². The van der Waals surface area contributed by atoms with Crippen molar-refractivity contribution >= 4 is 18.0 Å². The van der Waals surface area contributed by atoms with E-state index in [1.165, 1.54) is 6.42 Å². The normalized spacial score (nSPS) is 24.1. The molecule has 0 heterocycles. The highest BCUT2D eigenvalue weighted by molar-refractivity contribution is 7.76. The summed E-state index contributed by atoms with van der Waals surface area (Å²) in [5.41, 5.74) is 0.822. The summed E-state index contributed by atoms with van der Waals surface area (Å²) in [6.07, 6.45) is 3.24. The molecule has 1 aliphatic carbocycles. The van der Waals surface area contributed by atoms with Gasteiger partial charge in [-0.25, -0.2) is 0 Å². The molecule has 0 aliphatic heterocycles. The van der Waals surface area contributed by atoms with Gasteiger partial charge in [0.2, 0.25) is 0 Å². The van der Waals surface area contributed by atoms with Crippen LogP contribution in [0.15, 0.2) is 61.2 Å². The molecule has 0 spiro atoms. The number of benzene rings is 2. The first kappa shape index (κ1) is 21.9. The molecule has 0 unspecified atom stereocenters. The maximum atomic E-state index is 14.5. The van der Waals surface area contributed by atoms with Crippen molar-refractivity contribution in [2.24, 2.45) is 17.8 Å². The van der Waals surface area contributed by atoms with Crippen LogP contribution in [0, 0.1) is 17.8 Å². The van der Waals surface area contributed by atoms with Gasteiger partial charge in [0.05, 0.1) is 13.2 Å². The summed E-state index contributed by atoms with van der Waals surface area (Å²) in [4.78, 5) is 0. The van der Waals surface area contributed by atoms with E-state index in [1.807, 2.05) is 54.6 Å². The van der Waals surface area contributed by atoms with Crippen molar-refractivity contribution in [1.29, 1.82) is 0 Å². The van der Waals surface area contributed by atoms with E-state index in [9.17, 15) is 4.57 Å². The molecule has 0 bridgehead atoms. The Kier molecular flexibility index (Phi) is 7.03. The summed E-state index contributed by atoms with van der Waals surface area (Å²) in [7, 11) is -1.68. The third-order valence-electron chi connectivity index (χ3n) is 6.12. The van der Waals surface area contributed by atoms with Crippen molar-refractivity contribution in [1.82, 2.24) is 0 Å². The van der Waals surface area contributed by atoms with E-state index in [2.05, 4.69) is 27.4 Å². The zero-order valence-electron chi connectivity index (χ0n) is 18.0. The highest BCUT2D eigenvalue weighted by Crippen LogP contribution is 2.60. The van der Waals surface area contributed by atoms with Crippen molar-refractivity contribution < 1.29 is 13.8 Å². The average molecular weight is 413 g/mol. The van der Waals surface area contributed by atoms with E-state index in [4.69, 9.17) is 9.26 Å². The van der Waals surface area contributed by atoms with Crippen LogP contribution < -0.4 is 10.0 Å². The summed E-state index contributed by atoms with van der Waals surface area (Å²) in [6.45, 7) is 11.0. The second-order valence-corrected chi connectivity index (χ2v) is 10.9. The fourth-order valence-electron chi connectivity index (χ4n) is 4.28. The summed E-state index contributed by atoms with van der Waals surface area (Å²) in [5, 5.41) is 1.26. The lowest BCUT2D eigenvalue weighted by Gasteiger charge is -2.39. The first-order chi connectivity index (χ1) is 13.8. The standard InChI is InChI=1S/C25H33O3P/c1-18(2)24-16-11-19(3)17-25(24)28-29(26,23-9-7-6-8-10-23)20(4)21-12-14-22(27-5)15-13-21/h6-10,12-15,18-19,24-25H,4,11,16-17H2,1-3,5H3/t19-,24+,25-,29-/m1/s1. The molecule has 3 rings (SSSR count). The Labute approximate surface area is 175 Å². The molecule has 1 fully saturated rings. The minimum atomic E-state index is -3.32. The van der Waals surface area contributed by atoms with E-state index in [-0.39, 0.29) is 6.10 Å². The van der Waals surface area contributed by atoms with Gasteiger partial charge < -0.3 is 9.26 Å². The Balaban J connectivity index is 1.99. The average Bonchev–Trinajstić information content (AvgIpc) is 2.73. The highest BCUT2D eigenvalue weighted by Gasteiger charge is 2.39. The first-order valence-corrected chi connectivity index (χ1v) is 12.2. The summed E-state index contributed by atoms with van der Waals surface area (Å²) in [5.74, 6) is 2.24. The highest BCUT2D eigenvalue weighted by atomic mass is 31.2. The van der Waals surface area contributed by atoms with E-state index in [0.717, 1.165) is 24.2 Å². The molecule has 1 aliphatic rings. The minimum Gasteiger partial charge on any atom is -0.497 e. The second-order valence-electron chi connectivity index (χ2n) is 8.53. The zero-order valence-corrected chi connectivity index (χ0v) is 18.9. The lowest BCUT2D eigenvalue weighted by atomic mass is 9.75. The van der Waals surface area contributed by atoms with Crippen LogP contribution in [0.4, 0.5) is 0 Å². The van der Waals surface area contributed by atoms with E-state index >= 15 is 0 Å². The Morgan fingerprint density at radius 3 is 2.31 bits per heavy atom. The molecule has 1 saturated carbocycles. The van der Waals surface area contributed by atoms with Crippen molar-refractivity contribution in [2.45, 2.75) is 46.1 Å². The van der Waals surface area contributed by atoms with Crippen molar-refractivity contribution in [3.05, 3.63) is 66.7 Å². The Hall–Kier alpha value is -1.83. The lowest BCUT2D eigenvalue weighted by Crippen LogP contribution is -2.34. The Morgan fingerprint density at radius 1 is 1.07 bits per heavy atom. The maximum absolute atomic E-state index is 14.5. The lowest BCUT2D eigenvalue weighted by molar-refractivity contribution is 0.0516. The van der Waals surface area contributed by atoms with E-state index < -0.39 is 7.37 Å². The van der Waals surface area contributed by atoms with Crippen LogP contribution >= 0.6 is 7.37 Å². The summed E-state index contributed by atoms with van der Waals surface area (Å²) >= 11 is 0. The number of ether oxygens (including phenoxy) is 1. The van der Waals surface area contributed by atoms with Crippen LogP contribution in [-0.2, 0) is 9.09 Å². The zero-order chi connectivity index (χ0) is 21.0. The minimum absolute atomic E-state index is 0.0280. The van der Waals surface area contributed by atoms with Gasteiger partial charge in [-0.05, 0) is 60.4 Å². The second kappa shape index (κ2) is 9.32. The molecule has 4 heteroatoms. The van der Waals surface area contributed by atoms with Crippen LogP contribution in [0.5, 0.6) is 5.75 Å². The van der Waals surface area contributed by atoms with Crippen molar-refractivity contribution in [2.75, 3.05) is 7.11 Å². The molecule has 156 valence electrons. The van der Waals surface area contributed by atoms with Gasteiger partial charge in [-0.15, -0.1) is 0 Å². The molecule has 0 N–H and O–H groups in total. The fraction of sp³-hybridized carbons (Fsp3) is 0.440. The van der Waals surface area contributed by atoms with Gasteiger partial charge in [0.25, 0.3) is 7.37 Å². The largest absolute Gasteiger partial charge is 0.497 e. The molecule has 3 nitrogen and oxygen atoms in total. The van der Waals surface area contributed by atoms with Crippen molar-refractivity contribution in [3.8, 4) is 5.75 Å². The van der Waals surface area contributed by atoms with Crippen molar-refractivity contribution in [3.63, 3.8) is 0 Å². The first-order valence-electron chi connectivity index (χ1n) is 10.5. The monoisotopic (exact) mass is 412 g/mol. The molecule has 4 atom stereocenters. The van der Waals surface area contributed by atoms with Crippen LogP contribution in [-0.4, -0.2) is 13.2 Å². The third kappa shape index (κ3) is 4.85. The maximum Gasteiger partial charge on any atom is 0.261 e. The fourth-order valence-corrected chi connectivity index (χ4v) is 6.52. The molecule has 0 aromatic heterocycles. The Morgan fingerprint density at radius 2 is 1.72 bits per heavy atom. The van der Waals surface area contributed by atoms with Gasteiger partial charge in [-0.3, -0.25) is 4.57 Å². The molecular formula is C25H33O3P. The van der Waals surface area contributed by atoms with Gasteiger partial charge in [-0.2, -0.15) is 0 Å². The molecular weight excluding hydrogens is 379 g/mol. The van der Waals surface area contributed by atoms with E-state index in [0.29, 0.717) is 28.4 Å². The molecule has 2 aromatic rings. The van der Waals surface area contributed by atoms with Gasteiger partial charge >= 0.3 is 0 Å². The van der Waals surface area contributed by atoms with Gasteiger partial charge in [-0.1, -0.05) is 64.1 Å². The van der Waals surface area contributed by atoms with Gasteiger partial charge in [0.15, 0.2) is 0 Å². The number of hydrogen-bond acceptors (Lipinski definition) is 3. The van der Waals surface area contributed by atoms with E-state index in [1.54, 1.807) is 7.11 Å². The van der Waals surface area contributed by atoms with Crippen LogP contribution in [0.3, 0.4) is 0 Å². The van der Waals surface area contributed by atoms with Crippen LogP contribution in [0.25, 0.3) is 5.31 Å². The molecule has 0 amide bonds. The van der Waals surface area contributed by atoms with Crippen LogP contribution in [0.2, 0.25) is 0 Å². The number of rotatable bonds is 7. The third-order valence-corrected chi connectivity index (χ3v) is 8.63.